The van der Waals surface area contributed by atoms with Crippen molar-refractivity contribution in [3.05, 3.63) is 59.2 Å². The number of hydrogen-bond donors (Lipinski definition) is 1. The average Bonchev–Trinajstić information content (AvgIpc) is 2.68. The Morgan fingerprint density at radius 3 is 2.41 bits per heavy atom. The van der Waals surface area contributed by atoms with E-state index in [4.69, 9.17) is 9.84 Å². The van der Waals surface area contributed by atoms with Crippen LogP contribution in [0.4, 0.5) is 8.78 Å². The fraction of sp³-hybridized carbons (Fsp3) is 0.150. The first-order valence-electron chi connectivity index (χ1n) is 8.33. The van der Waals surface area contributed by atoms with Gasteiger partial charge in [0, 0.05) is 11.1 Å². The summed E-state index contributed by atoms with van der Waals surface area (Å²) < 4.78 is 34.7. The molecule has 1 N–H and O–H groups in total. The third kappa shape index (κ3) is 4.08. The molecule has 2 aromatic rings. The normalized spacial score (nSPS) is 14.9. The lowest BCUT2D eigenvalue weighted by molar-refractivity contribution is -0.141. The Balaban J connectivity index is 2.12. The summed E-state index contributed by atoms with van der Waals surface area (Å²) in [7, 11) is 1.29. The number of alkyl halides is 2. The van der Waals surface area contributed by atoms with Crippen LogP contribution in [0.5, 0.6) is 11.5 Å². The molecule has 0 saturated carbocycles. The lowest BCUT2D eigenvalue weighted by Crippen LogP contribution is -2.44. The number of nitrogens with zero attached hydrogens (tertiary/aromatic N) is 1. The minimum absolute atomic E-state index is 0.0506. The van der Waals surface area contributed by atoms with Crippen molar-refractivity contribution in [1.29, 1.82) is 0 Å². The number of hydrogen-bond acceptors (Lipinski definition) is 5. The van der Waals surface area contributed by atoms with Crippen molar-refractivity contribution >= 4 is 29.4 Å². The molecule has 0 radical (unpaired) electrons. The molecule has 150 valence electrons. The standard InChI is InChI=1S/C20H15F2NO6/c1-28-15-7-6-11(9-16(15)29-20(21)22)8-14-12-4-2-3-5-13(12)18(26)23(19(14)27)10-17(24)25/h2-9,20H,10H2,1H3,(H,24,25)/b14-8-. The summed E-state index contributed by atoms with van der Waals surface area (Å²) in [5, 5.41) is 9.04. The predicted octanol–water partition coefficient (Wildman–Crippen LogP) is 2.90. The minimum atomic E-state index is -3.08. The van der Waals surface area contributed by atoms with Crippen LogP contribution in [0.15, 0.2) is 42.5 Å². The second-order valence-corrected chi connectivity index (χ2v) is 5.98. The molecule has 1 aliphatic rings. The molecule has 0 saturated heterocycles. The molecule has 7 nitrogen and oxygen atoms in total. The van der Waals surface area contributed by atoms with Crippen LogP contribution in [-0.2, 0) is 9.59 Å². The first-order chi connectivity index (χ1) is 13.8. The van der Waals surface area contributed by atoms with E-state index in [1.807, 2.05) is 0 Å². The maximum Gasteiger partial charge on any atom is 0.387 e. The molecule has 0 bridgehead atoms. The Kier molecular flexibility index (Phi) is 5.58. The summed E-state index contributed by atoms with van der Waals surface area (Å²) in [4.78, 5) is 37.0. The predicted molar refractivity (Wildman–Crippen MR) is 97.6 cm³/mol. The molecule has 0 spiro atoms. The van der Waals surface area contributed by atoms with E-state index in [9.17, 15) is 23.2 Å². The van der Waals surface area contributed by atoms with Gasteiger partial charge in [0.15, 0.2) is 11.5 Å². The van der Waals surface area contributed by atoms with Crippen molar-refractivity contribution in [3.8, 4) is 11.5 Å². The van der Waals surface area contributed by atoms with Crippen LogP contribution in [0.3, 0.4) is 0 Å². The zero-order valence-electron chi connectivity index (χ0n) is 15.1. The maximum atomic E-state index is 12.8. The van der Waals surface area contributed by atoms with E-state index in [-0.39, 0.29) is 22.6 Å². The number of methoxy groups -OCH3 is 1. The number of carbonyl (C=O) groups excluding carboxylic acids is 2. The van der Waals surface area contributed by atoms with Gasteiger partial charge in [0.1, 0.15) is 6.54 Å². The number of ether oxygens (including phenoxy) is 2. The smallest absolute Gasteiger partial charge is 0.387 e. The Bertz CT molecular complexity index is 1020. The number of benzene rings is 2. The average molecular weight is 403 g/mol. The largest absolute Gasteiger partial charge is 0.493 e. The lowest BCUT2D eigenvalue weighted by Gasteiger charge is -2.27. The fourth-order valence-electron chi connectivity index (χ4n) is 2.96. The summed E-state index contributed by atoms with van der Waals surface area (Å²) in [6.45, 7) is -3.88. The number of carboxylic acids is 1. The number of fused-ring (bicyclic) bond motifs is 1. The molecule has 2 aromatic carbocycles. The van der Waals surface area contributed by atoms with Crippen LogP contribution in [0.1, 0.15) is 21.5 Å². The van der Waals surface area contributed by atoms with Crippen LogP contribution < -0.4 is 9.47 Å². The highest BCUT2D eigenvalue weighted by Crippen LogP contribution is 2.34. The van der Waals surface area contributed by atoms with Gasteiger partial charge in [-0.15, -0.1) is 0 Å². The molecule has 2 amide bonds. The maximum absolute atomic E-state index is 12.8. The van der Waals surface area contributed by atoms with Crippen molar-refractivity contribution in [2.24, 2.45) is 0 Å². The third-order valence-electron chi connectivity index (χ3n) is 4.18. The Morgan fingerprint density at radius 2 is 1.79 bits per heavy atom. The zero-order chi connectivity index (χ0) is 21.1. The lowest BCUT2D eigenvalue weighted by atomic mass is 9.92. The molecule has 1 aliphatic heterocycles. The van der Waals surface area contributed by atoms with Crippen LogP contribution in [0.2, 0.25) is 0 Å². The van der Waals surface area contributed by atoms with Crippen molar-refractivity contribution < 1.29 is 37.7 Å². The molecule has 9 heteroatoms. The fourth-order valence-corrected chi connectivity index (χ4v) is 2.96. The van der Waals surface area contributed by atoms with Gasteiger partial charge in [-0.05, 0) is 35.4 Å². The van der Waals surface area contributed by atoms with E-state index in [0.717, 1.165) is 0 Å². The summed E-state index contributed by atoms with van der Waals surface area (Å²) in [6, 6.07) is 10.4. The van der Waals surface area contributed by atoms with Crippen LogP contribution in [-0.4, -0.2) is 48.1 Å². The highest BCUT2D eigenvalue weighted by Gasteiger charge is 2.35. The zero-order valence-corrected chi connectivity index (χ0v) is 15.1. The second kappa shape index (κ2) is 8.09. The van der Waals surface area contributed by atoms with Crippen molar-refractivity contribution in [1.82, 2.24) is 4.90 Å². The number of imide groups is 1. The number of aliphatic carboxylic acids is 1. The summed E-state index contributed by atoms with van der Waals surface area (Å²) >= 11 is 0. The molecule has 29 heavy (non-hydrogen) atoms. The van der Waals surface area contributed by atoms with Gasteiger partial charge in [0.05, 0.1) is 7.11 Å². The Morgan fingerprint density at radius 1 is 1.10 bits per heavy atom. The van der Waals surface area contributed by atoms with E-state index >= 15 is 0 Å². The van der Waals surface area contributed by atoms with Crippen molar-refractivity contribution in [3.63, 3.8) is 0 Å². The van der Waals surface area contributed by atoms with E-state index in [1.54, 1.807) is 18.2 Å². The van der Waals surface area contributed by atoms with Crippen molar-refractivity contribution in [2.75, 3.05) is 13.7 Å². The third-order valence-corrected chi connectivity index (χ3v) is 4.18. The summed E-state index contributed by atoms with van der Waals surface area (Å²) in [6.07, 6.45) is 1.38. The summed E-state index contributed by atoms with van der Waals surface area (Å²) in [5.74, 6) is -3.02. The molecule has 0 fully saturated rings. The van der Waals surface area contributed by atoms with E-state index < -0.39 is 30.9 Å². The molecule has 3 rings (SSSR count). The summed E-state index contributed by atoms with van der Waals surface area (Å²) in [5.41, 5.74) is 0.854. The topological polar surface area (TPSA) is 93.1 Å². The SMILES string of the molecule is COc1ccc(/C=C2\C(=O)N(CC(=O)O)C(=O)c3ccccc32)cc1OC(F)F. The van der Waals surface area contributed by atoms with Gasteiger partial charge >= 0.3 is 12.6 Å². The van der Waals surface area contributed by atoms with Gasteiger partial charge in [-0.25, -0.2) is 0 Å². The highest BCUT2D eigenvalue weighted by atomic mass is 19.3. The van der Waals surface area contributed by atoms with E-state index in [0.29, 0.717) is 16.0 Å². The number of amides is 2. The van der Waals surface area contributed by atoms with E-state index in [1.165, 1.54) is 37.5 Å². The van der Waals surface area contributed by atoms with Gasteiger partial charge in [-0.3, -0.25) is 19.3 Å². The van der Waals surface area contributed by atoms with Crippen LogP contribution in [0, 0.1) is 0 Å². The first-order valence-corrected chi connectivity index (χ1v) is 8.33. The Labute approximate surface area is 163 Å². The second-order valence-electron chi connectivity index (χ2n) is 5.98. The monoisotopic (exact) mass is 403 g/mol. The quantitative estimate of drug-likeness (QED) is 0.589. The Hall–Kier alpha value is -3.75. The van der Waals surface area contributed by atoms with E-state index in [2.05, 4.69) is 4.74 Å². The molecule has 0 atom stereocenters. The van der Waals surface area contributed by atoms with Crippen LogP contribution >= 0.6 is 0 Å². The highest BCUT2D eigenvalue weighted by molar-refractivity contribution is 6.34. The number of rotatable bonds is 6. The molecule has 1 heterocycles. The molecular formula is C20H15F2NO6. The van der Waals surface area contributed by atoms with Gasteiger partial charge < -0.3 is 14.6 Å². The van der Waals surface area contributed by atoms with Gasteiger partial charge in [-0.2, -0.15) is 8.78 Å². The van der Waals surface area contributed by atoms with Gasteiger partial charge in [0.2, 0.25) is 0 Å². The molecule has 0 unspecified atom stereocenters. The van der Waals surface area contributed by atoms with Crippen LogP contribution in [0.25, 0.3) is 11.6 Å². The molecule has 0 aliphatic carbocycles. The van der Waals surface area contributed by atoms with Gasteiger partial charge in [0.25, 0.3) is 11.8 Å². The molecular weight excluding hydrogens is 388 g/mol. The first kappa shape index (κ1) is 20.0. The number of halogens is 2. The number of carboxylic acid groups (broad SMARTS) is 1. The van der Waals surface area contributed by atoms with Crippen molar-refractivity contribution in [2.45, 2.75) is 6.61 Å². The van der Waals surface area contributed by atoms with Gasteiger partial charge in [-0.1, -0.05) is 24.3 Å². The minimum Gasteiger partial charge on any atom is -0.493 e. The number of carbonyl (C=O) groups is 3. The molecule has 0 aromatic heterocycles.